The smallest absolute Gasteiger partial charge is 0.332 e. The molecule has 11 amide bonds. The van der Waals surface area contributed by atoms with Crippen LogP contribution in [0.15, 0.2) is 0 Å². The highest BCUT2D eigenvalue weighted by molar-refractivity contribution is 5.99. The number of hydrogen-bond acceptors (Lipinski definition) is 15. The number of hydrogen-bond donors (Lipinski definition) is 5. The summed E-state index contributed by atoms with van der Waals surface area (Å²) in [6.45, 7) is 23.7. The van der Waals surface area contributed by atoms with Gasteiger partial charge in [0.05, 0.1) is 25.9 Å². The summed E-state index contributed by atoms with van der Waals surface area (Å²) in [6, 6.07) is -13.5. The number of amides is 11. The normalized spacial score (nSPS) is 28.6. The Morgan fingerprint density at radius 2 is 0.966 bits per heavy atom. The lowest BCUT2D eigenvalue weighted by atomic mass is 9.91. The molecule has 2 bridgehead atoms. The second-order valence-electron chi connectivity index (χ2n) is 26.6. The number of aliphatic hydroxyl groups is 1. The van der Waals surface area contributed by atoms with Crippen molar-refractivity contribution in [2.45, 2.75) is 209 Å². The lowest BCUT2D eigenvalue weighted by Gasteiger charge is -2.41. The van der Waals surface area contributed by atoms with Gasteiger partial charge in [-0.15, -0.1) is 0 Å². The Balaban J connectivity index is 3.16. The van der Waals surface area contributed by atoms with E-state index in [1.807, 2.05) is 55.4 Å². The van der Waals surface area contributed by atoms with E-state index in [0.717, 1.165) is 14.7 Å². The van der Waals surface area contributed by atoms with Crippen molar-refractivity contribution in [1.82, 2.24) is 55.6 Å². The number of nitrogens with zero attached hydrogens (tertiary/aromatic N) is 7. The molecule has 0 aromatic heterocycles. The lowest BCUT2D eigenvalue weighted by molar-refractivity contribution is -0.158. The Morgan fingerprint density at radius 1 is 0.500 bits per heavy atom. The second-order valence-corrected chi connectivity index (χ2v) is 26.6. The van der Waals surface area contributed by atoms with Crippen LogP contribution in [0.5, 0.6) is 0 Å². The zero-order valence-electron chi connectivity index (χ0n) is 56.8. The first-order valence-electron chi connectivity index (χ1n) is 31.2. The molecule has 5 N–H and O–H groups in total. The van der Waals surface area contributed by atoms with Crippen molar-refractivity contribution < 1.29 is 72.1 Å². The van der Waals surface area contributed by atoms with Gasteiger partial charge in [0.25, 0.3) is 0 Å². The van der Waals surface area contributed by atoms with Crippen LogP contribution in [0.4, 0.5) is 0 Å². The van der Waals surface area contributed by atoms with E-state index in [2.05, 4.69) is 21.3 Å². The predicted molar refractivity (Wildman–Crippen MR) is 330 cm³/mol. The van der Waals surface area contributed by atoms with Crippen LogP contribution < -0.4 is 21.3 Å². The third-order valence-corrected chi connectivity index (χ3v) is 16.6. The summed E-state index contributed by atoms with van der Waals surface area (Å²) in [5.74, 6) is -12.1. The van der Waals surface area contributed by atoms with Crippen LogP contribution in [0, 0.1) is 41.4 Å². The van der Waals surface area contributed by atoms with Crippen LogP contribution in [-0.4, -0.2) is 253 Å². The zero-order valence-corrected chi connectivity index (χ0v) is 56.8. The Morgan fingerprint density at radius 3 is 1.45 bits per heavy atom. The summed E-state index contributed by atoms with van der Waals surface area (Å²) in [6.07, 6.45) is -1.45. The van der Waals surface area contributed by atoms with Crippen LogP contribution in [0.1, 0.15) is 142 Å². The highest BCUT2D eigenvalue weighted by Gasteiger charge is 2.46. The number of rotatable bonds is 11. The zero-order chi connectivity index (χ0) is 67.7. The minimum absolute atomic E-state index is 0.0341. The first-order chi connectivity index (χ1) is 40.7. The van der Waals surface area contributed by atoms with Crippen molar-refractivity contribution in [2.24, 2.45) is 41.4 Å². The highest BCUT2D eigenvalue weighted by atomic mass is 16.6. The highest BCUT2D eigenvalue weighted by Crippen LogP contribution is 2.26. The molecule has 12 atom stereocenters. The van der Waals surface area contributed by atoms with Gasteiger partial charge in [-0.25, -0.2) is 4.79 Å². The number of carbonyl (C=O) groups excluding carboxylic acids is 12. The molecule has 2 aliphatic rings. The van der Waals surface area contributed by atoms with Gasteiger partial charge in [0.15, 0.2) is 0 Å². The van der Waals surface area contributed by atoms with Gasteiger partial charge < -0.3 is 70.1 Å². The van der Waals surface area contributed by atoms with Gasteiger partial charge in [0, 0.05) is 49.3 Å². The maximum atomic E-state index is 15.2. The van der Waals surface area contributed by atoms with E-state index in [-0.39, 0.29) is 68.8 Å². The molecule has 0 aromatic rings. The van der Waals surface area contributed by atoms with Gasteiger partial charge in [-0.3, -0.25) is 52.7 Å². The summed E-state index contributed by atoms with van der Waals surface area (Å²) in [4.78, 5) is 183. The van der Waals surface area contributed by atoms with Crippen molar-refractivity contribution >= 4 is 70.9 Å². The molecule has 2 rings (SSSR count). The summed E-state index contributed by atoms with van der Waals surface area (Å²) in [7, 11) is 9.61. The molecule has 2 aliphatic heterocycles. The number of ether oxygens (including phenoxy) is 2. The quantitative estimate of drug-likeness (QED) is 0.182. The monoisotopic (exact) mass is 1250 g/mol. The van der Waals surface area contributed by atoms with Gasteiger partial charge in [-0.05, 0) is 86.9 Å². The SMILES string of the molecule is CC[C@@H]1NC(=O)[C@@H]2[C@H](O)[C@H](C)CCOC(=O)COC[C@@H](NC(=O)[C@H](C)NC(=O)[C@@H](CC(C)C)N(C)C(=O)[C@H](C(C)C)NC(=O)[C@H](CC(C)C)N(C)C(=O)CN(C)C1=O)C(=O)N(C)[C@@H](CC(C)C)C(=O)N(C)[C@@H](CC(C)C)C(=O)N(C)[C@@H](C(C)C)C(=O)N2C. The maximum Gasteiger partial charge on any atom is 0.332 e. The fourth-order valence-electron chi connectivity index (χ4n) is 11.0. The molecule has 0 spiro atoms. The Labute approximate surface area is 522 Å². The van der Waals surface area contributed by atoms with Crippen LogP contribution >= 0.6 is 0 Å². The van der Waals surface area contributed by atoms with E-state index < -0.39 is 175 Å². The minimum Gasteiger partial charge on any atom is -0.464 e. The average Bonchev–Trinajstić information content (AvgIpc) is 3.46. The molecular weight excluding hydrogens is 1140 g/mol. The standard InChI is InChI=1S/C62H109N11O15/c1-23-41-57(81)67(16)30-47(74)68(17)43(26-33(2)3)55(79)66-49(37(10)11)61(85)69(18)44(27-34(4)5)54(78)63-40(15)53(77)65-42-31-87-32-48(75)88-25-24-39(14)52(76)51(56(80)64-41)73(22)62(86)50(38(12)13)72(21)60(84)46(29-36(8)9)71(20)59(83)45(28-35(6)7)70(19)58(42)82/h33-46,49-52,76H,23-32H2,1-22H3,(H,63,78)(H,64,80)(H,65,77)(H,66,79)/t39-,40+,41+,42-,43+,44-,45+,46+,49+,50+,51+,52-/m1/s1. The number of carbonyl (C=O) groups is 12. The number of fused-ring (bicyclic) bond motifs is 10. The Kier molecular flexibility index (Phi) is 31.0. The minimum atomic E-state index is -1.75. The number of nitrogens with one attached hydrogen (secondary N) is 4. The van der Waals surface area contributed by atoms with Crippen molar-refractivity contribution in [1.29, 1.82) is 0 Å². The van der Waals surface area contributed by atoms with E-state index in [1.54, 1.807) is 41.5 Å². The molecule has 0 saturated carbocycles. The Hall–Kier alpha value is -6.44. The molecule has 88 heavy (non-hydrogen) atoms. The van der Waals surface area contributed by atoms with Gasteiger partial charge in [0.1, 0.15) is 67.0 Å². The molecule has 0 aliphatic carbocycles. The largest absolute Gasteiger partial charge is 0.464 e. The van der Waals surface area contributed by atoms with Gasteiger partial charge >= 0.3 is 5.97 Å². The molecular formula is C62H109N11O15. The number of likely N-dealkylation sites (N-methyl/N-ethyl adjacent to an activating group) is 7. The molecule has 26 heteroatoms. The molecule has 2 saturated heterocycles. The van der Waals surface area contributed by atoms with Gasteiger partial charge in [0.2, 0.25) is 65.0 Å². The average molecular weight is 1250 g/mol. The molecule has 0 unspecified atom stereocenters. The topological polar surface area (TPSA) is 314 Å². The van der Waals surface area contributed by atoms with E-state index in [4.69, 9.17) is 9.47 Å². The first-order valence-corrected chi connectivity index (χ1v) is 31.2. The first kappa shape index (κ1) is 77.7. The molecule has 502 valence electrons. The summed E-state index contributed by atoms with van der Waals surface area (Å²) < 4.78 is 11.3. The van der Waals surface area contributed by atoms with Crippen molar-refractivity contribution in [3.05, 3.63) is 0 Å². The van der Waals surface area contributed by atoms with Crippen LogP contribution in [0.2, 0.25) is 0 Å². The fraction of sp³-hybridized carbons (Fsp3) is 0.806. The number of aliphatic hydroxyl groups excluding tert-OH is 1. The van der Waals surface area contributed by atoms with E-state index in [9.17, 15) is 48.3 Å². The second kappa shape index (κ2) is 35.1. The lowest BCUT2D eigenvalue weighted by Crippen LogP contribution is -2.63. The van der Waals surface area contributed by atoms with Gasteiger partial charge in [-0.1, -0.05) is 96.9 Å². The summed E-state index contributed by atoms with van der Waals surface area (Å²) in [5, 5.41) is 23.1. The van der Waals surface area contributed by atoms with Crippen molar-refractivity contribution in [2.75, 3.05) is 75.7 Å². The molecule has 2 heterocycles. The van der Waals surface area contributed by atoms with Crippen LogP contribution in [0.25, 0.3) is 0 Å². The van der Waals surface area contributed by atoms with E-state index >= 15 is 14.4 Å². The molecule has 26 nitrogen and oxygen atoms in total. The maximum absolute atomic E-state index is 15.2. The molecule has 0 radical (unpaired) electrons. The summed E-state index contributed by atoms with van der Waals surface area (Å²) in [5.41, 5.74) is 0. The van der Waals surface area contributed by atoms with Crippen molar-refractivity contribution in [3.63, 3.8) is 0 Å². The van der Waals surface area contributed by atoms with E-state index in [1.165, 1.54) is 75.9 Å². The molecule has 0 aromatic carbocycles. The third-order valence-electron chi connectivity index (χ3n) is 16.6. The fourth-order valence-corrected chi connectivity index (χ4v) is 11.0. The summed E-state index contributed by atoms with van der Waals surface area (Å²) >= 11 is 0. The Bertz CT molecular complexity index is 2440. The molecule has 2 fully saturated rings. The van der Waals surface area contributed by atoms with Crippen LogP contribution in [-0.2, 0) is 67.0 Å². The van der Waals surface area contributed by atoms with Crippen LogP contribution in [0.3, 0.4) is 0 Å². The van der Waals surface area contributed by atoms with Crippen molar-refractivity contribution in [3.8, 4) is 0 Å². The third kappa shape index (κ3) is 21.4. The number of esters is 1. The predicted octanol–water partition coefficient (Wildman–Crippen LogP) is 1.25. The van der Waals surface area contributed by atoms with Gasteiger partial charge in [-0.2, -0.15) is 0 Å². The van der Waals surface area contributed by atoms with E-state index in [0.29, 0.717) is 0 Å².